The van der Waals surface area contributed by atoms with Crippen molar-refractivity contribution in [3.8, 4) is 61.4 Å². The number of halogens is 1. The van der Waals surface area contributed by atoms with E-state index >= 15 is 0 Å². The van der Waals surface area contributed by atoms with Gasteiger partial charge in [0.05, 0.1) is 0 Å². The van der Waals surface area contributed by atoms with Crippen molar-refractivity contribution in [2.45, 2.75) is 38.5 Å². The molecule has 0 fully saturated rings. The molecule has 86 heavy (non-hydrogen) atoms. The van der Waals surface area contributed by atoms with E-state index in [-0.39, 0.29) is 10.8 Å². The summed E-state index contributed by atoms with van der Waals surface area (Å²) in [6, 6.07) is 100. The molecule has 0 amide bonds. The van der Waals surface area contributed by atoms with Gasteiger partial charge in [-0.1, -0.05) is 317 Å². The number of fused-ring (bicyclic) bond motifs is 17. The van der Waals surface area contributed by atoms with Gasteiger partial charge in [-0.05, 0) is 149 Å². The van der Waals surface area contributed by atoms with Crippen molar-refractivity contribution in [1.29, 1.82) is 0 Å². The molecule has 0 unspecified atom stereocenters. The van der Waals surface area contributed by atoms with Gasteiger partial charge in [-0.15, -0.1) is 0 Å². The van der Waals surface area contributed by atoms with E-state index in [4.69, 9.17) is 4.65 Å². The van der Waals surface area contributed by atoms with Gasteiger partial charge in [0.1, 0.15) is 5.75 Å². The zero-order valence-electron chi connectivity index (χ0n) is 48.4. The molecule has 0 aromatic heterocycles. The topological polar surface area (TPSA) is 29.5 Å². The summed E-state index contributed by atoms with van der Waals surface area (Å²) in [6.45, 7) is 9.53. The van der Waals surface area contributed by atoms with Crippen LogP contribution >= 0.6 is 15.9 Å². The third-order valence-electron chi connectivity index (χ3n) is 18.4. The lowest BCUT2D eigenvalue weighted by molar-refractivity contribution is 0.459. The molecule has 0 aliphatic heterocycles. The molecule has 0 bridgehead atoms. The summed E-state index contributed by atoms with van der Waals surface area (Å²) in [7, 11) is 0.746. The fourth-order valence-electron chi connectivity index (χ4n) is 15.0. The highest BCUT2D eigenvalue weighted by molar-refractivity contribution is 9.10. The first-order valence-electron chi connectivity index (χ1n) is 29.6. The fraction of sp³-hybridized carbons (Fsp3) is 0.0732. The summed E-state index contributed by atoms with van der Waals surface area (Å²) >= 11 is 3.75. The number of benzene rings is 15. The minimum Gasteiger partial charge on any atom is -0.537 e. The van der Waals surface area contributed by atoms with Crippen LogP contribution in [0.25, 0.3) is 131 Å². The van der Waals surface area contributed by atoms with Gasteiger partial charge in [-0.2, -0.15) is 0 Å². The van der Waals surface area contributed by atoms with Gasteiger partial charge in [0.25, 0.3) is 0 Å². The zero-order chi connectivity index (χ0) is 58.3. The van der Waals surface area contributed by atoms with Crippen LogP contribution in [0.4, 0.5) is 0 Å². The summed E-state index contributed by atoms with van der Waals surface area (Å²) in [6.07, 6.45) is 0. The number of hydrogen-bond donors (Lipinski definition) is 1. The van der Waals surface area contributed by atoms with Gasteiger partial charge in [0, 0.05) is 26.1 Å². The van der Waals surface area contributed by atoms with Crippen LogP contribution in [0.5, 0.6) is 5.75 Å². The third-order valence-corrected chi connectivity index (χ3v) is 19.0. The Morgan fingerprint density at radius 3 is 1.16 bits per heavy atom. The molecule has 4 heteroatoms. The van der Waals surface area contributed by atoms with E-state index in [1.165, 1.54) is 136 Å². The molecular formula is C82H59BBrO2. The first-order valence-corrected chi connectivity index (χ1v) is 30.4. The lowest BCUT2D eigenvalue weighted by Gasteiger charge is -2.27. The molecule has 2 aliphatic rings. The van der Waals surface area contributed by atoms with Crippen LogP contribution in [0.3, 0.4) is 0 Å². The number of hydrogen-bond acceptors (Lipinski definition) is 2. The van der Waals surface area contributed by atoms with E-state index in [9.17, 15) is 5.02 Å². The molecule has 0 saturated carbocycles. The summed E-state index contributed by atoms with van der Waals surface area (Å²) in [4.78, 5) is 0. The van der Waals surface area contributed by atoms with Crippen LogP contribution in [-0.2, 0) is 10.8 Å². The minimum absolute atomic E-state index is 0.0334. The van der Waals surface area contributed by atoms with Gasteiger partial charge < -0.3 is 9.68 Å². The highest BCUT2D eigenvalue weighted by atomic mass is 79.9. The van der Waals surface area contributed by atoms with Gasteiger partial charge in [0.15, 0.2) is 0 Å². The molecule has 0 heterocycles. The minimum atomic E-state index is -0.189. The summed E-state index contributed by atoms with van der Waals surface area (Å²) in [5.41, 5.74) is 18.7. The zero-order valence-corrected chi connectivity index (χ0v) is 50.0. The van der Waals surface area contributed by atoms with Crippen LogP contribution in [0.15, 0.2) is 284 Å². The summed E-state index contributed by atoms with van der Waals surface area (Å²) < 4.78 is 6.66. The first-order chi connectivity index (χ1) is 42.1. The molecule has 2 nitrogen and oxygen atoms in total. The molecule has 409 valence electrons. The van der Waals surface area contributed by atoms with Crippen molar-refractivity contribution in [3.05, 3.63) is 306 Å². The average Bonchev–Trinajstić information content (AvgIpc) is 1.54. The number of rotatable bonds is 5. The van der Waals surface area contributed by atoms with E-state index in [2.05, 4.69) is 268 Å². The largest absolute Gasteiger partial charge is 0.569 e. The van der Waals surface area contributed by atoms with Crippen molar-refractivity contribution >= 4 is 99.0 Å². The molecule has 1 radical (unpaired) electrons. The Morgan fingerprint density at radius 2 is 0.640 bits per heavy atom. The smallest absolute Gasteiger partial charge is 0.537 e. The van der Waals surface area contributed by atoms with Crippen LogP contribution in [0.2, 0.25) is 0 Å². The second-order valence-corrected chi connectivity index (χ2v) is 24.6. The quantitative estimate of drug-likeness (QED) is 0.106. The highest BCUT2D eigenvalue weighted by Gasteiger charge is 2.41. The fourth-order valence-corrected chi connectivity index (χ4v) is 15.9. The van der Waals surface area contributed by atoms with Crippen molar-refractivity contribution in [1.82, 2.24) is 0 Å². The molecular weight excluding hydrogens is 1110 g/mol. The van der Waals surface area contributed by atoms with E-state index in [0.717, 1.165) is 29.2 Å². The molecule has 0 atom stereocenters. The third kappa shape index (κ3) is 8.33. The van der Waals surface area contributed by atoms with Crippen molar-refractivity contribution < 1.29 is 9.68 Å². The van der Waals surface area contributed by atoms with Gasteiger partial charge in [-0.25, -0.2) is 0 Å². The van der Waals surface area contributed by atoms with Crippen LogP contribution in [0, 0.1) is 0 Å². The van der Waals surface area contributed by atoms with E-state index in [1.54, 1.807) is 0 Å². The van der Waals surface area contributed by atoms with Gasteiger partial charge >= 0.3 is 7.69 Å². The molecule has 2 aliphatic carbocycles. The molecule has 0 spiro atoms. The molecule has 15 aromatic rings. The Hall–Kier alpha value is -9.58. The van der Waals surface area contributed by atoms with Crippen molar-refractivity contribution in [3.63, 3.8) is 0 Å². The van der Waals surface area contributed by atoms with E-state index in [1.807, 2.05) is 54.6 Å². The Balaban J connectivity index is 0.000000122. The molecule has 15 aromatic carbocycles. The second kappa shape index (κ2) is 21.2. The van der Waals surface area contributed by atoms with Gasteiger partial charge in [0.2, 0.25) is 0 Å². The molecule has 1 N–H and O–H groups in total. The normalized spacial score (nSPS) is 13.2. The lowest BCUT2D eigenvalue weighted by atomic mass is 9.75. The first kappa shape index (κ1) is 53.2. The van der Waals surface area contributed by atoms with Gasteiger partial charge in [-0.3, -0.25) is 0 Å². The maximum absolute atomic E-state index is 9.18. The highest BCUT2D eigenvalue weighted by Crippen LogP contribution is 2.59. The molecule has 0 saturated heterocycles. The second-order valence-electron chi connectivity index (χ2n) is 23.8. The lowest BCUT2D eigenvalue weighted by Crippen LogP contribution is -2.17. The van der Waals surface area contributed by atoms with Crippen molar-refractivity contribution in [2.24, 2.45) is 0 Å². The average molecular weight is 1170 g/mol. The predicted molar refractivity (Wildman–Crippen MR) is 370 cm³/mol. The molecule has 17 rings (SSSR count). The maximum atomic E-state index is 9.18. The van der Waals surface area contributed by atoms with Crippen LogP contribution < -0.4 is 4.65 Å². The Morgan fingerprint density at radius 1 is 0.279 bits per heavy atom. The predicted octanol–water partition coefficient (Wildman–Crippen LogP) is 22.4. The summed E-state index contributed by atoms with van der Waals surface area (Å²) in [5, 5.41) is 26.6. The monoisotopic (exact) mass is 1170 g/mol. The van der Waals surface area contributed by atoms with Crippen LogP contribution in [0.1, 0.15) is 49.9 Å². The Labute approximate surface area is 511 Å². The maximum Gasteiger partial charge on any atom is 0.569 e. The van der Waals surface area contributed by atoms with Crippen LogP contribution in [-0.4, -0.2) is 12.7 Å². The standard InChI is InChI=1S/C43H30.C20H14BO2.C19H15Br/c1-43(2)41-36(25-14-26-37(41)40-30-19-8-6-17-28(30)29-18-7-13-24-35(29)42(40)43)39-33-22-11-9-20-31(33)38(27-15-4-3-5-16-27)32-21-10-12-23-34(32)39;22-21-23-20-17-12-6-4-10-15(17)19(14-8-2-1-3-9-14)16-11-5-7-13-18(16)20;1-19(2)17-13-7-4-3-6-12(13)10-11-15(17)14-8-5-9-16(20)18(14)19/h3-26H,1-2H3;1-13,22H;3-11H,1-2H3. The van der Waals surface area contributed by atoms with E-state index in [0.29, 0.717) is 5.75 Å². The SMILES string of the molecule is CC1(C)c2c(-c3c4ccccc4c(-c4ccccc4)c4ccccc34)cccc2-c2c1c1ccccc1c1ccccc21.CC1(C)c2c(Br)cccc2-c2ccc3ccccc3c21.O[B]Oc1c2ccccc2c(-c2ccccc2)c2ccccc12. The Kier molecular flexibility index (Phi) is 13.1. The van der Waals surface area contributed by atoms with E-state index < -0.39 is 0 Å². The Bertz CT molecular complexity index is 5090. The van der Waals surface area contributed by atoms with Crippen molar-refractivity contribution in [2.75, 3.05) is 0 Å². The summed E-state index contributed by atoms with van der Waals surface area (Å²) in [5.74, 6) is 0.679.